The molecule has 0 aliphatic heterocycles. The van der Waals surface area contributed by atoms with Crippen LogP contribution >= 0.6 is 0 Å². The van der Waals surface area contributed by atoms with E-state index >= 15 is 0 Å². The van der Waals surface area contributed by atoms with Crippen molar-refractivity contribution in [2.45, 2.75) is 6.54 Å². The van der Waals surface area contributed by atoms with Crippen LogP contribution in [0.5, 0.6) is 17.2 Å². The van der Waals surface area contributed by atoms with Gasteiger partial charge >= 0.3 is 0 Å². The van der Waals surface area contributed by atoms with Gasteiger partial charge in [-0.25, -0.2) is 0 Å². The highest BCUT2D eigenvalue weighted by molar-refractivity contribution is 5.65. The molecule has 108 valence electrons. The van der Waals surface area contributed by atoms with Gasteiger partial charge in [0.1, 0.15) is 0 Å². The number of nitrogens with zero attached hydrogens (tertiary/aromatic N) is 2. The van der Waals surface area contributed by atoms with Crippen LogP contribution in [0.2, 0.25) is 0 Å². The molecule has 1 aromatic carbocycles. The summed E-state index contributed by atoms with van der Waals surface area (Å²) in [4.78, 5) is 4.28. The van der Waals surface area contributed by atoms with Crippen molar-refractivity contribution >= 4 is 0 Å². The SMILES string of the molecule is CNCc1noc(-c2cc(OC)c(OC)c(OC)c2)n1. The molecule has 0 bridgehead atoms. The molecule has 0 amide bonds. The third kappa shape index (κ3) is 2.67. The van der Waals surface area contributed by atoms with Crippen molar-refractivity contribution in [1.82, 2.24) is 15.5 Å². The van der Waals surface area contributed by atoms with Gasteiger partial charge in [0, 0.05) is 5.56 Å². The maximum Gasteiger partial charge on any atom is 0.258 e. The standard InChI is InChI=1S/C13H17N3O4/c1-14-7-11-15-13(20-16-11)8-5-9(17-2)12(19-4)10(6-8)18-3/h5-6,14H,7H2,1-4H3. The molecule has 0 unspecified atom stereocenters. The van der Waals surface area contributed by atoms with E-state index in [1.54, 1.807) is 33.5 Å². The molecule has 0 atom stereocenters. The van der Waals surface area contributed by atoms with E-state index in [1.807, 2.05) is 7.05 Å². The average molecular weight is 279 g/mol. The second-order valence-electron chi connectivity index (χ2n) is 3.96. The van der Waals surface area contributed by atoms with Gasteiger partial charge in [-0.3, -0.25) is 0 Å². The molecule has 1 aromatic heterocycles. The molecule has 7 nitrogen and oxygen atoms in total. The number of nitrogens with one attached hydrogen (secondary N) is 1. The molecule has 7 heteroatoms. The van der Waals surface area contributed by atoms with E-state index in [0.717, 1.165) is 0 Å². The zero-order valence-electron chi connectivity index (χ0n) is 11.9. The number of methoxy groups -OCH3 is 3. The molecule has 2 rings (SSSR count). The molecule has 0 fully saturated rings. The summed E-state index contributed by atoms with van der Waals surface area (Å²) >= 11 is 0. The molecular formula is C13H17N3O4. The third-order valence-corrected chi connectivity index (χ3v) is 2.71. The van der Waals surface area contributed by atoms with Crippen LogP contribution < -0.4 is 19.5 Å². The Labute approximate surface area is 116 Å². The van der Waals surface area contributed by atoms with Crippen molar-refractivity contribution in [2.75, 3.05) is 28.4 Å². The number of benzene rings is 1. The van der Waals surface area contributed by atoms with Crippen LogP contribution in [0.1, 0.15) is 5.82 Å². The van der Waals surface area contributed by atoms with Crippen molar-refractivity contribution in [2.24, 2.45) is 0 Å². The highest BCUT2D eigenvalue weighted by atomic mass is 16.5. The predicted octanol–water partition coefficient (Wildman–Crippen LogP) is 1.48. The third-order valence-electron chi connectivity index (χ3n) is 2.71. The summed E-state index contributed by atoms with van der Waals surface area (Å²) in [5.74, 6) is 2.57. The molecule has 1 N–H and O–H groups in total. The van der Waals surface area contributed by atoms with Crippen LogP contribution in [-0.4, -0.2) is 38.5 Å². The molecule has 0 spiro atoms. The highest BCUT2D eigenvalue weighted by Crippen LogP contribution is 2.40. The summed E-state index contributed by atoms with van der Waals surface area (Å²) in [6.45, 7) is 0.536. The van der Waals surface area contributed by atoms with Crippen LogP contribution in [-0.2, 0) is 6.54 Å². The van der Waals surface area contributed by atoms with E-state index in [1.165, 1.54) is 0 Å². The fourth-order valence-corrected chi connectivity index (χ4v) is 1.81. The average Bonchev–Trinajstić information content (AvgIpc) is 2.94. The Bertz CT molecular complexity index is 558. The van der Waals surface area contributed by atoms with Crippen molar-refractivity contribution in [3.63, 3.8) is 0 Å². The van der Waals surface area contributed by atoms with E-state index in [9.17, 15) is 0 Å². The van der Waals surface area contributed by atoms with E-state index in [0.29, 0.717) is 41.1 Å². The molecule has 0 aliphatic rings. The van der Waals surface area contributed by atoms with Crippen LogP contribution in [0, 0.1) is 0 Å². The fourth-order valence-electron chi connectivity index (χ4n) is 1.81. The number of hydrogen-bond acceptors (Lipinski definition) is 7. The summed E-state index contributed by atoms with van der Waals surface area (Å²) in [5.41, 5.74) is 0.703. The molecule has 1 heterocycles. The van der Waals surface area contributed by atoms with E-state index < -0.39 is 0 Å². The van der Waals surface area contributed by atoms with Gasteiger partial charge in [-0.1, -0.05) is 5.16 Å². The predicted molar refractivity (Wildman–Crippen MR) is 72.2 cm³/mol. The van der Waals surface area contributed by atoms with Crippen molar-refractivity contribution < 1.29 is 18.7 Å². The van der Waals surface area contributed by atoms with Gasteiger partial charge < -0.3 is 24.1 Å². The van der Waals surface area contributed by atoms with Crippen LogP contribution in [0.4, 0.5) is 0 Å². The highest BCUT2D eigenvalue weighted by Gasteiger charge is 2.17. The summed E-state index contributed by atoms with van der Waals surface area (Å²) in [6.07, 6.45) is 0. The molecular weight excluding hydrogens is 262 g/mol. The topological polar surface area (TPSA) is 78.6 Å². The largest absolute Gasteiger partial charge is 0.493 e. The number of aromatic nitrogens is 2. The second-order valence-corrected chi connectivity index (χ2v) is 3.96. The summed E-state index contributed by atoms with van der Waals surface area (Å²) in [6, 6.07) is 3.52. The Morgan fingerprint density at radius 2 is 1.75 bits per heavy atom. The van der Waals surface area contributed by atoms with Crippen LogP contribution in [0.15, 0.2) is 16.7 Å². The lowest BCUT2D eigenvalue weighted by atomic mass is 10.2. The maximum atomic E-state index is 5.29. The monoisotopic (exact) mass is 279 g/mol. The van der Waals surface area contributed by atoms with Crippen molar-refractivity contribution in [1.29, 1.82) is 0 Å². The van der Waals surface area contributed by atoms with Crippen molar-refractivity contribution in [3.05, 3.63) is 18.0 Å². The maximum absolute atomic E-state index is 5.29. The first-order chi connectivity index (χ1) is 9.73. The Balaban J connectivity index is 2.45. The van der Waals surface area contributed by atoms with E-state index in [2.05, 4.69) is 15.5 Å². The lowest BCUT2D eigenvalue weighted by molar-refractivity contribution is 0.324. The number of ether oxygens (including phenoxy) is 3. The van der Waals surface area contributed by atoms with Crippen molar-refractivity contribution in [3.8, 4) is 28.7 Å². The van der Waals surface area contributed by atoms with Gasteiger partial charge in [0.15, 0.2) is 17.3 Å². The van der Waals surface area contributed by atoms with Gasteiger partial charge in [-0.05, 0) is 19.2 Å². The molecule has 0 saturated carbocycles. The molecule has 0 aliphatic carbocycles. The molecule has 2 aromatic rings. The molecule has 20 heavy (non-hydrogen) atoms. The first-order valence-corrected chi connectivity index (χ1v) is 6.01. The van der Waals surface area contributed by atoms with E-state index in [-0.39, 0.29) is 0 Å². The number of rotatable bonds is 6. The first-order valence-electron chi connectivity index (χ1n) is 6.01. The van der Waals surface area contributed by atoms with E-state index in [4.69, 9.17) is 18.7 Å². The Hall–Kier alpha value is -2.28. The second kappa shape index (κ2) is 6.25. The summed E-state index contributed by atoms with van der Waals surface area (Å²) < 4.78 is 21.1. The minimum Gasteiger partial charge on any atom is -0.493 e. The zero-order chi connectivity index (χ0) is 14.5. The Morgan fingerprint density at radius 1 is 1.10 bits per heavy atom. The summed E-state index contributed by atoms with van der Waals surface area (Å²) in [7, 11) is 6.48. The van der Waals surface area contributed by atoms with Gasteiger partial charge in [0.2, 0.25) is 5.75 Å². The fraction of sp³-hybridized carbons (Fsp3) is 0.385. The molecule has 0 saturated heterocycles. The lowest BCUT2D eigenvalue weighted by Crippen LogP contribution is -2.06. The minimum absolute atomic E-state index is 0.398. The molecule has 0 radical (unpaired) electrons. The lowest BCUT2D eigenvalue weighted by Gasteiger charge is -2.12. The minimum atomic E-state index is 0.398. The normalized spacial score (nSPS) is 10.4. The Morgan fingerprint density at radius 3 is 2.25 bits per heavy atom. The zero-order valence-corrected chi connectivity index (χ0v) is 11.9. The van der Waals surface area contributed by atoms with Gasteiger partial charge in [-0.15, -0.1) is 0 Å². The first kappa shape index (κ1) is 14.1. The van der Waals surface area contributed by atoms with Gasteiger partial charge in [-0.2, -0.15) is 4.98 Å². The summed E-state index contributed by atoms with van der Waals surface area (Å²) in [5, 5.41) is 6.83. The Kier molecular flexibility index (Phi) is 4.41. The smallest absolute Gasteiger partial charge is 0.258 e. The van der Waals surface area contributed by atoms with Gasteiger partial charge in [0.05, 0.1) is 27.9 Å². The van der Waals surface area contributed by atoms with Crippen LogP contribution in [0.3, 0.4) is 0 Å². The van der Waals surface area contributed by atoms with Gasteiger partial charge in [0.25, 0.3) is 5.89 Å². The quantitative estimate of drug-likeness (QED) is 0.858. The van der Waals surface area contributed by atoms with Crippen LogP contribution in [0.25, 0.3) is 11.5 Å². The number of hydrogen-bond donors (Lipinski definition) is 1.